The fraction of sp³-hybridized carbons (Fsp3) is 0.364. The van der Waals surface area contributed by atoms with Crippen molar-refractivity contribution in [1.82, 2.24) is 4.98 Å². The number of amides is 2. The van der Waals surface area contributed by atoms with Crippen LogP contribution >= 0.6 is 0 Å². The second-order valence-electron chi connectivity index (χ2n) is 4.45. The van der Waals surface area contributed by atoms with Crippen LogP contribution in [0.25, 0.3) is 0 Å². The molecule has 6 heteroatoms. The summed E-state index contributed by atoms with van der Waals surface area (Å²) in [5.74, 6) is -0.993. The monoisotopic (exact) mass is 236 g/mol. The number of carbonyl (C=O) groups is 2. The summed E-state index contributed by atoms with van der Waals surface area (Å²) in [6.45, 7) is 3.67. The van der Waals surface area contributed by atoms with Crippen LogP contribution in [0.2, 0.25) is 0 Å². The van der Waals surface area contributed by atoms with Crippen LogP contribution in [0.5, 0.6) is 0 Å². The van der Waals surface area contributed by atoms with Crippen molar-refractivity contribution in [3.8, 4) is 0 Å². The summed E-state index contributed by atoms with van der Waals surface area (Å²) in [7, 11) is 0. The average Bonchev–Trinajstić information content (AvgIpc) is 2.14. The molecule has 0 unspecified atom stereocenters. The molecule has 1 rings (SSSR count). The largest absolute Gasteiger partial charge is 0.380 e. The number of hydrogen-bond donors (Lipinski definition) is 3. The predicted molar refractivity (Wildman–Crippen MR) is 64.3 cm³/mol. The third-order valence-corrected chi connectivity index (χ3v) is 2.11. The van der Waals surface area contributed by atoms with Crippen LogP contribution in [0.15, 0.2) is 18.3 Å². The molecule has 0 spiro atoms. The molecule has 0 fully saturated rings. The molecule has 6 nitrogen and oxygen atoms in total. The lowest BCUT2D eigenvalue weighted by molar-refractivity contribution is -0.118. The number of aromatic nitrogens is 1. The molecule has 0 radical (unpaired) electrons. The van der Waals surface area contributed by atoms with Crippen molar-refractivity contribution in [2.24, 2.45) is 11.5 Å². The average molecular weight is 236 g/mol. The zero-order chi connectivity index (χ0) is 13.1. The standard InChI is InChI=1S/C11H16N4O2/c1-11(2,6-9(12)16)15-7-3-4-14-8(5-7)10(13)17/h3-5H,6H2,1-2H3,(H2,12,16)(H2,13,17)(H,14,15). The number of carbonyl (C=O) groups excluding carboxylic acids is 2. The number of nitrogens with two attached hydrogens (primary N) is 2. The van der Waals surface area contributed by atoms with Gasteiger partial charge in [-0.25, -0.2) is 0 Å². The number of anilines is 1. The Morgan fingerprint density at radius 2 is 2.06 bits per heavy atom. The first kappa shape index (κ1) is 13.0. The van der Waals surface area contributed by atoms with Gasteiger partial charge in [-0.15, -0.1) is 0 Å². The lowest BCUT2D eigenvalue weighted by Crippen LogP contribution is -2.36. The molecule has 92 valence electrons. The van der Waals surface area contributed by atoms with Crippen LogP contribution in [-0.4, -0.2) is 22.3 Å². The molecule has 0 aliphatic heterocycles. The van der Waals surface area contributed by atoms with Gasteiger partial charge in [0.1, 0.15) is 5.69 Å². The van der Waals surface area contributed by atoms with E-state index >= 15 is 0 Å². The number of primary amides is 2. The van der Waals surface area contributed by atoms with Gasteiger partial charge in [0.25, 0.3) is 5.91 Å². The lowest BCUT2D eigenvalue weighted by Gasteiger charge is -2.26. The molecule has 0 aliphatic rings. The SMILES string of the molecule is CC(C)(CC(N)=O)Nc1ccnc(C(N)=O)c1. The summed E-state index contributed by atoms with van der Waals surface area (Å²) in [4.78, 5) is 25.7. The minimum absolute atomic E-state index is 0.171. The Balaban J connectivity index is 2.84. The molecular weight excluding hydrogens is 220 g/mol. The Labute approximate surface area is 99.4 Å². The molecule has 0 aromatic carbocycles. The van der Waals surface area contributed by atoms with Crippen molar-refractivity contribution in [1.29, 1.82) is 0 Å². The van der Waals surface area contributed by atoms with Gasteiger partial charge in [-0.3, -0.25) is 14.6 Å². The topological polar surface area (TPSA) is 111 Å². The molecule has 17 heavy (non-hydrogen) atoms. The van der Waals surface area contributed by atoms with Crippen LogP contribution in [0.4, 0.5) is 5.69 Å². The van der Waals surface area contributed by atoms with Gasteiger partial charge in [-0.1, -0.05) is 0 Å². The quantitative estimate of drug-likeness (QED) is 0.680. The van der Waals surface area contributed by atoms with Gasteiger partial charge in [0.2, 0.25) is 5.91 Å². The number of nitrogens with one attached hydrogen (secondary N) is 1. The maximum absolute atomic E-state index is 11.0. The van der Waals surface area contributed by atoms with Crippen molar-refractivity contribution < 1.29 is 9.59 Å². The Morgan fingerprint density at radius 3 is 2.59 bits per heavy atom. The molecule has 1 aromatic heterocycles. The molecule has 0 atom stereocenters. The van der Waals surface area contributed by atoms with Crippen LogP contribution < -0.4 is 16.8 Å². The maximum Gasteiger partial charge on any atom is 0.267 e. The van der Waals surface area contributed by atoms with Gasteiger partial charge in [0, 0.05) is 23.8 Å². The van der Waals surface area contributed by atoms with Crippen molar-refractivity contribution in [2.45, 2.75) is 25.8 Å². The Hall–Kier alpha value is -2.11. The fourth-order valence-electron chi connectivity index (χ4n) is 1.51. The van der Waals surface area contributed by atoms with E-state index in [0.717, 1.165) is 0 Å². The normalized spacial score (nSPS) is 10.9. The van der Waals surface area contributed by atoms with Crippen LogP contribution in [0.1, 0.15) is 30.8 Å². The van der Waals surface area contributed by atoms with Crippen LogP contribution in [0, 0.1) is 0 Å². The van der Waals surface area contributed by atoms with Gasteiger partial charge >= 0.3 is 0 Å². The van der Waals surface area contributed by atoms with E-state index in [1.807, 2.05) is 13.8 Å². The number of nitrogens with zero attached hydrogens (tertiary/aromatic N) is 1. The smallest absolute Gasteiger partial charge is 0.267 e. The highest BCUT2D eigenvalue weighted by Crippen LogP contribution is 2.17. The first-order valence-corrected chi connectivity index (χ1v) is 5.12. The van der Waals surface area contributed by atoms with Crippen molar-refractivity contribution in [3.63, 3.8) is 0 Å². The lowest BCUT2D eigenvalue weighted by atomic mass is 10.00. The van der Waals surface area contributed by atoms with E-state index < -0.39 is 17.4 Å². The minimum atomic E-state index is -0.596. The molecule has 0 saturated carbocycles. The van der Waals surface area contributed by atoms with Crippen molar-refractivity contribution >= 4 is 17.5 Å². The molecule has 0 saturated heterocycles. The number of hydrogen-bond acceptors (Lipinski definition) is 4. The second-order valence-corrected chi connectivity index (χ2v) is 4.45. The Kier molecular flexibility index (Phi) is 3.67. The Bertz CT molecular complexity index is 443. The predicted octanol–water partition coefficient (Wildman–Crippen LogP) is 0.246. The first-order valence-electron chi connectivity index (χ1n) is 5.12. The summed E-state index contributed by atoms with van der Waals surface area (Å²) in [6.07, 6.45) is 1.66. The minimum Gasteiger partial charge on any atom is -0.380 e. The molecule has 1 heterocycles. The third kappa shape index (κ3) is 4.10. The van der Waals surface area contributed by atoms with Gasteiger partial charge in [-0.05, 0) is 26.0 Å². The van der Waals surface area contributed by atoms with Crippen LogP contribution in [0.3, 0.4) is 0 Å². The molecule has 2 amide bonds. The van der Waals surface area contributed by atoms with Gasteiger partial charge in [0.15, 0.2) is 0 Å². The molecule has 0 bridgehead atoms. The zero-order valence-electron chi connectivity index (χ0n) is 9.86. The van der Waals surface area contributed by atoms with E-state index in [1.54, 1.807) is 6.07 Å². The highest BCUT2D eigenvalue weighted by molar-refractivity contribution is 5.91. The molecular formula is C11H16N4O2. The van der Waals surface area contributed by atoms with Gasteiger partial charge < -0.3 is 16.8 Å². The maximum atomic E-state index is 11.0. The van der Waals surface area contributed by atoms with E-state index in [2.05, 4.69) is 10.3 Å². The van der Waals surface area contributed by atoms with Gasteiger partial charge in [-0.2, -0.15) is 0 Å². The summed E-state index contributed by atoms with van der Waals surface area (Å²) in [6, 6.07) is 3.22. The van der Waals surface area contributed by atoms with Gasteiger partial charge in [0.05, 0.1) is 0 Å². The molecule has 1 aromatic rings. The van der Waals surface area contributed by atoms with Crippen LogP contribution in [-0.2, 0) is 4.79 Å². The van der Waals surface area contributed by atoms with Crippen molar-refractivity contribution in [3.05, 3.63) is 24.0 Å². The highest BCUT2D eigenvalue weighted by Gasteiger charge is 2.20. The summed E-state index contributed by atoms with van der Waals surface area (Å²) in [5, 5.41) is 3.10. The fourth-order valence-corrected chi connectivity index (χ4v) is 1.51. The number of pyridine rings is 1. The third-order valence-electron chi connectivity index (χ3n) is 2.11. The summed E-state index contributed by atoms with van der Waals surface area (Å²) >= 11 is 0. The second kappa shape index (κ2) is 4.82. The molecule has 5 N–H and O–H groups in total. The summed E-state index contributed by atoms with van der Waals surface area (Å²) in [5.41, 5.74) is 10.6. The summed E-state index contributed by atoms with van der Waals surface area (Å²) < 4.78 is 0. The van der Waals surface area contributed by atoms with E-state index in [-0.39, 0.29) is 12.1 Å². The Morgan fingerprint density at radius 1 is 1.41 bits per heavy atom. The number of rotatable bonds is 5. The zero-order valence-corrected chi connectivity index (χ0v) is 9.86. The van der Waals surface area contributed by atoms with E-state index in [4.69, 9.17) is 11.5 Å². The highest BCUT2D eigenvalue weighted by atomic mass is 16.1. The van der Waals surface area contributed by atoms with E-state index in [0.29, 0.717) is 5.69 Å². The first-order chi connectivity index (χ1) is 7.80. The van der Waals surface area contributed by atoms with E-state index in [9.17, 15) is 9.59 Å². The van der Waals surface area contributed by atoms with Crippen molar-refractivity contribution in [2.75, 3.05) is 5.32 Å². The van der Waals surface area contributed by atoms with E-state index in [1.165, 1.54) is 12.3 Å². The molecule has 0 aliphatic carbocycles.